The SMILES string of the molecule is COc1cccc(CC(Br)c2csc(C)n2)c1. The van der Waals surface area contributed by atoms with Gasteiger partial charge in [0.05, 0.1) is 22.6 Å². The molecule has 2 nitrogen and oxygen atoms in total. The molecule has 1 heterocycles. The summed E-state index contributed by atoms with van der Waals surface area (Å²) in [4.78, 5) is 4.75. The summed E-state index contributed by atoms with van der Waals surface area (Å²) in [5.41, 5.74) is 2.35. The van der Waals surface area contributed by atoms with Gasteiger partial charge in [-0.2, -0.15) is 0 Å². The van der Waals surface area contributed by atoms with Gasteiger partial charge in [-0.1, -0.05) is 28.1 Å². The lowest BCUT2D eigenvalue weighted by molar-refractivity contribution is 0.414. The third kappa shape index (κ3) is 3.30. The molecule has 4 heteroatoms. The molecule has 90 valence electrons. The number of benzene rings is 1. The van der Waals surface area contributed by atoms with E-state index in [4.69, 9.17) is 4.74 Å². The predicted molar refractivity (Wildman–Crippen MR) is 75.2 cm³/mol. The maximum Gasteiger partial charge on any atom is 0.119 e. The second kappa shape index (κ2) is 5.65. The number of aromatic nitrogens is 1. The molecule has 17 heavy (non-hydrogen) atoms. The summed E-state index contributed by atoms with van der Waals surface area (Å²) in [5.74, 6) is 0.900. The number of nitrogens with zero attached hydrogens (tertiary/aromatic N) is 1. The van der Waals surface area contributed by atoms with Crippen molar-refractivity contribution in [1.82, 2.24) is 4.98 Å². The van der Waals surface area contributed by atoms with E-state index in [1.807, 2.05) is 19.1 Å². The van der Waals surface area contributed by atoms with Crippen LogP contribution in [0.5, 0.6) is 5.75 Å². The monoisotopic (exact) mass is 311 g/mol. The average molecular weight is 312 g/mol. The Kier molecular flexibility index (Phi) is 4.18. The highest BCUT2D eigenvalue weighted by atomic mass is 79.9. The molecule has 0 bridgehead atoms. The van der Waals surface area contributed by atoms with Crippen molar-refractivity contribution in [3.8, 4) is 5.75 Å². The van der Waals surface area contributed by atoms with Crippen molar-refractivity contribution in [2.45, 2.75) is 18.2 Å². The molecule has 0 amide bonds. The molecular formula is C13H14BrNOS. The Morgan fingerprint density at radius 3 is 2.94 bits per heavy atom. The minimum atomic E-state index is 0.263. The number of alkyl halides is 1. The number of hydrogen-bond acceptors (Lipinski definition) is 3. The van der Waals surface area contributed by atoms with Crippen molar-refractivity contribution in [2.75, 3.05) is 7.11 Å². The number of rotatable bonds is 4. The van der Waals surface area contributed by atoms with Gasteiger partial charge in [-0.25, -0.2) is 4.98 Å². The molecule has 1 unspecified atom stereocenters. The van der Waals surface area contributed by atoms with E-state index in [1.165, 1.54) is 5.56 Å². The van der Waals surface area contributed by atoms with Gasteiger partial charge >= 0.3 is 0 Å². The van der Waals surface area contributed by atoms with Crippen molar-refractivity contribution < 1.29 is 4.74 Å². The topological polar surface area (TPSA) is 22.1 Å². The second-order valence-electron chi connectivity index (χ2n) is 3.81. The number of methoxy groups -OCH3 is 1. The minimum Gasteiger partial charge on any atom is -0.497 e. The highest BCUT2D eigenvalue weighted by molar-refractivity contribution is 9.09. The second-order valence-corrected chi connectivity index (χ2v) is 5.98. The van der Waals surface area contributed by atoms with Crippen LogP contribution in [0.15, 0.2) is 29.6 Å². The van der Waals surface area contributed by atoms with Gasteiger partial charge in [0.25, 0.3) is 0 Å². The Morgan fingerprint density at radius 1 is 1.47 bits per heavy atom. The molecule has 1 aromatic heterocycles. The molecule has 0 saturated heterocycles. The Labute approximate surface area is 114 Å². The van der Waals surface area contributed by atoms with Gasteiger partial charge in [0, 0.05) is 5.38 Å². The zero-order valence-electron chi connectivity index (χ0n) is 9.81. The number of aryl methyl sites for hydroxylation is 1. The first-order valence-corrected chi connectivity index (χ1v) is 7.17. The van der Waals surface area contributed by atoms with E-state index in [0.717, 1.165) is 22.9 Å². The lowest BCUT2D eigenvalue weighted by Gasteiger charge is -2.08. The van der Waals surface area contributed by atoms with E-state index >= 15 is 0 Å². The van der Waals surface area contributed by atoms with Crippen LogP contribution in [0, 0.1) is 6.92 Å². The maximum absolute atomic E-state index is 5.22. The number of halogens is 1. The Morgan fingerprint density at radius 2 is 2.29 bits per heavy atom. The molecule has 0 N–H and O–H groups in total. The highest BCUT2D eigenvalue weighted by Crippen LogP contribution is 2.28. The van der Waals surface area contributed by atoms with Crippen molar-refractivity contribution in [3.05, 3.63) is 45.9 Å². The van der Waals surface area contributed by atoms with Crippen molar-refractivity contribution in [3.63, 3.8) is 0 Å². The quantitative estimate of drug-likeness (QED) is 0.792. The zero-order valence-corrected chi connectivity index (χ0v) is 12.2. The standard InChI is InChI=1S/C13H14BrNOS/c1-9-15-13(8-17-9)12(14)7-10-4-3-5-11(6-10)16-2/h3-6,8,12H,7H2,1-2H3. The van der Waals surface area contributed by atoms with Gasteiger partial charge in [-0.15, -0.1) is 11.3 Å². The highest BCUT2D eigenvalue weighted by Gasteiger charge is 2.11. The van der Waals surface area contributed by atoms with E-state index in [9.17, 15) is 0 Å². The largest absolute Gasteiger partial charge is 0.497 e. The summed E-state index contributed by atoms with van der Waals surface area (Å²) in [6.45, 7) is 2.03. The molecule has 0 radical (unpaired) electrons. The molecule has 0 saturated carbocycles. The lowest BCUT2D eigenvalue weighted by Crippen LogP contribution is -1.96. The molecule has 0 aliphatic heterocycles. The summed E-state index contributed by atoms with van der Waals surface area (Å²) in [6, 6.07) is 8.14. The van der Waals surface area contributed by atoms with Crippen molar-refractivity contribution in [2.24, 2.45) is 0 Å². The molecule has 0 fully saturated rings. The molecule has 0 spiro atoms. The maximum atomic E-state index is 5.22. The lowest BCUT2D eigenvalue weighted by atomic mass is 10.1. The Hall–Kier alpha value is -0.870. The zero-order chi connectivity index (χ0) is 12.3. The summed E-state index contributed by atoms with van der Waals surface area (Å²) < 4.78 is 5.22. The van der Waals surface area contributed by atoms with Crippen LogP contribution < -0.4 is 4.74 Å². The first-order valence-electron chi connectivity index (χ1n) is 5.38. The molecule has 2 aromatic rings. The van der Waals surface area contributed by atoms with Gasteiger partial charge in [0.15, 0.2) is 0 Å². The van der Waals surface area contributed by atoms with E-state index < -0.39 is 0 Å². The first kappa shape index (κ1) is 12.6. The van der Waals surface area contributed by atoms with E-state index in [-0.39, 0.29) is 4.83 Å². The van der Waals surface area contributed by atoms with Crippen LogP contribution in [0.3, 0.4) is 0 Å². The van der Waals surface area contributed by atoms with Crippen LogP contribution in [0.1, 0.15) is 21.1 Å². The third-order valence-corrected chi connectivity index (χ3v) is 4.09. The normalized spacial score (nSPS) is 12.4. The third-order valence-electron chi connectivity index (χ3n) is 2.51. The van der Waals surface area contributed by atoms with Crippen LogP contribution in [-0.4, -0.2) is 12.1 Å². The van der Waals surface area contributed by atoms with Crippen LogP contribution >= 0.6 is 27.3 Å². The van der Waals surface area contributed by atoms with E-state index in [2.05, 4.69) is 38.4 Å². The van der Waals surface area contributed by atoms with Gasteiger partial charge in [-0.05, 0) is 31.0 Å². The fraction of sp³-hybridized carbons (Fsp3) is 0.308. The molecule has 2 rings (SSSR count). The predicted octanol–water partition coefficient (Wildman–Crippen LogP) is 4.14. The summed E-state index contributed by atoms with van der Waals surface area (Å²) >= 11 is 5.37. The Bertz CT molecular complexity index is 498. The van der Waals surface area contributed by atoms with Crippen LogP contribution in [0.2, 0.25) is 0 Å². The van der Waals surface area contributed by atoms with Gasteiger partial charge in [0.1, 0.15) is 5.75 Å². The van der Waals surface area contributed by atoms with Crippen LogP contribution in [-0.2, 0) is 6.42 Å². The molecule has 1 atom stereocenters. The Balaban J connectivity index is 2.09. The number of hydrogen-bond donors (Lipinski definition) is 0. The average Bonchev–Trinajstić information content (AvgIpc) is 2.76. The molecule has 1 aromatic carbocycles. The number of thiazole rings is 1. The first-order chi connectivity index (χ1) is 8.19. The fourth-order valence-electron chi connectivity index (χ4n) is 1.63. The van der Waals surface area contributed by atoms with Crippen LogP contribution in [0.25, 0.3) is 0 Å². The van der Waals surface area contributed by atoms with Crippen molar-refractivity contribution in [1.29, 1.82) is 0 Å². The smallest absolute Gasteiger partial charge is 0.119 e. The van der Waals surface area contributed by atoms with Gasteiger partial charge in [-0.3, -0.25) is 0 Å². The summed E-state index contributed by atoms with van der Waals surface area (Å²) in [7, 11) is 1.69. The van der Waals surface area contributed by atoms with E-state index in [1.54, 1.807) is 18.4 Å². The van der Waals surface area contributed by atoms with Crippen molar-refractivity contribution >= 4 is 27.3 Å². The van der Waals surface area contributed by atoms with E-state index in [0.29, 0.717) is 0 Å². The minimum absolute atomic E-state index is 0.263. The van der Waals surface area contributed by atoms with Crippen LogP contribution in [0.4, 0.5) is 0 Å². The number of ether oxygens (including phenoxy) is 1. The van der Waals surface area contributed by atoms with Gasteiger partial charge in [0.2, 0.25) is 0 Å². The fourth-order valence-corrected chi connectivity index (χ4v) is 3.08. The summed E-state index contributed by atoms with van der Waals surface area (Å²) in [5, 5.41) is 3.21. The molecule has 0 aliphatic rings. The molecule has 0 aliphatic carbocycles. The summed E-state index contributed by atoms with van der Waals surface area (Å²) in [6.07, 6.45) is 0.917. The van der Waals surface area contributed by atoms with Gasteiger partial charge < -0.3 is 4.74 Å². The molecular weight excluding hydrogens is 298 g/mol.